The van der Waals surface area contributed by atoms with Crippen molar-refractivity contribution in [1.29, 1.82) is 0 Å². The van der Waals surface area contributed by atoms with Crippen LogP contribution in [0.3, 0.4) is 0 Å². The van der Waals surface area contributed by atoms with Gasteiger partial charge in [0.25, 0.3) is 11.6 Å². The molecular formula is C13H18ClN3O3. The normalized spacial score (nSPS) is 11.8. The molecule has 0 saturated heterocycles. The molecule has 1 rings (SSSR count). The first-order chi connectivity index (χ1) is 9.33. The quantitative estimate of drug-likeness (QED) is 0.669. The number of anilines is 1. The number of nitrogens with one attached hydrogen (secondary N) is 1. The van der Waals surface area contributed by atoms with E-state index in [9.17, 15) is 14.9 Å². The lowest BCUT2D eigenvalue weighted by atomic mass is 10.1. The third kappa shape index (κ3) is 3.19. The minimum Gasteiger partial charge on any atom is -0.381 e. The van der Waals surface area contributed by atoms with Crippen LogP contribution in [-0.4, -0.2) is 35.9 Å². The van der Waals surface area contributed by atoms with Gasteiger partial charge in [0.15, 0.2) is 0 Å². The van der Waals surface area contributed by atoms with E-state index in [1.807, 2.05) is 13.8 Å². The molecule has 1 amide bonds. The Kier molecular flexibility index (Phi) is 5.33. The predicted molar refractivity (Wildman–Crippen MR) is 79.5 cm³/mol. The van der Waals surface area contributed by atoms with Crippen molar-refractivity contribution in [1.82, 2.24) is 4.90 Å². The summed E-state index contributed by atoms with van der Waals surface area (Å²) in [6.45, 7) is 3.88. The molecule has 1 unspecified atom stereocenters. The number of halogens is 1. The van der Waals surface area contributed by atoms with Crippen LogP contribution in [0, 0.1) is 10.1 Å². The van der Waals surface area contributed by atoms with E-state index in [-0.39, 0.29) is 33.9 Å². The van der Waals surface area contributed by atoms with Gasteiger partial charge in [0.1, 0.15) is 5.69 Å². The largest absolute Gasteiger partial charge is 0.381 e. The van der Waals surface area contributed by atoms with Gasteiger partial charge in [-0.05, 0) is 19.4 Å². The van der Waals surface area contributed by atoms with Crippen molar-refractivity contribution in [2.75, 3.05) is 19.4 Å². The van der Waals surface area contributed by atoms with E-state index in [1.54, 1.807) is 19.0 Å². The smallest absolute Gasteiger partial charge is 0.294 e. The number of rotatable bonds is 5. The highest BCUT2D eigenvalue weighted by atomic mass is 35.5. The van der Waals surface area contributed by atoms with Crippen LogP contribution in [0.25, 0.3) is 0 Å². The van der Waals surface area contributed by atoms with Crippen LogP contribution in [0.5, 0.6) is 0 Å². The molecule has 0 spiro atoms. The van der Waals surface area contributed by atoms with Crippen molar-refractivity contribution in [2.45, 2.75) is 26.3 Å². The summed E-state index contributed by atoms with van der Waals surface area (Å²) in [6, 6.07) is 2.74. The van der Waals surface area contributed by atoms with E-state index in [0.29, 0.717) is 0 Å². The molecule has 0 aliphatic heterocycles. The number of amides is 1. The lowest BCUT2D eigenvalue weighted by molar-refractivity contribution is -0.384. The molecular weight excluding hydrogens is 282 g/mol. The zero-order valence-corrected chi connectivity index (χ0v) is 12.7. The summed E-state index contributed by atoms with van der Waals surface area (Å²) in [5.41, 5.74) is 0.212. The molecule has 6 nitrogen and oxygen atoms in total. The molecule has 7 heteroatoms. The van der Waals surface area contributed by atoms with Crippen molar-refractivity contribution in [3.8, 4) is 0 Å². The van der Waals surface area contributed by atoms with Gasteiger partial charge in [0.05, 0.1) is 9.95 Å². The van der Waals surface area contributed by atoms with E-state index >= 15 is 0 Å². The highest BCUT2D eigenvalue weighted by Gasteiger charge is 2.23. The van der Waals surface area contributed by atoms with Crippen molar-refractivity contribution in [2.24, 2.45) is 0 Å². The lowest BCUT2D eigenvalue weighted by Gasteiger charge is -2.24. The van der Waals surface area contributed by atoms with Gasteiger partial charge in [0.2, 0.25) is 0 Å². The van der Waals surface area contributed by atoms with Crippen LogP contribution in [-0.2, 0) is 0 Å². The van der Waals surface area contributed by atoms with Crippen molar-refractivity contribution < 1.29 is 9.72 Å². The molecule has 1 atom stereocenters. The van der Waals surface area contributed by atoms with Crippen LogP contribution in [0.2, 0.25) is 5.02 Å². The molecule has 0 heterocycles. The van der Waals surface area contributed by atoms with Crippen LogP contribution < -0.4 is 5.32 Å². The first-order valence-electron chi connectivity index (χ1n) is 6.26. The maximum Gasteiger partial charge on any atom is 0.294 e. The monoisotopic (exact) mass is 299 g/mol. The van der Waals surface area contributed by atoms with Crippen molar-refractivity contribution >= 4 is 28.9 Å². The number of benzene rings is 1. The summed E-state index contributed by atoms with van der Waals surface area (Å²) < 4.78 is 0. The highest BCUT2D eigenvalue weighted by Crippen LogP contribution is 2.33. The van der Waals surface area contributed by atoms with E-state index < -0.39 is 4.92 Å². The number of carbonyl (C=O) groups excluding carboxylic acids is 1. The Balaban J connectivity index is 3.27. The maximum atomic E-state index is 12.3. The van der Waals surface area contributed by atoms with Gasteiger partial charge in [-0.2, -0.15) is 0 Å². The highest BCUT2D eigenvalue weighted by molar-refractivity contribution is 6.34. The fourth-order valence-corrected chi connectivity index (χ4v) is 2.09. The standard InChI is InChI=1S/C13H18ClN3O3/c1-5-8(2)16(4)13(18)9-6-10(14)12(15-3)11(7-9)17(19)20/h6-8,15H,5H2,1-4H3. The second-order valence-electron chi connectivity index (χ2n) is 4.53. The van der Waals surface area contributed by atoms with Gasteiger partial charge >= 0.3 is 0 Å². The molecule has 0 saturated carbocycles. The molecule has 0 aliphatic rings. The number of hydrogen-bond donors (Lipinski definition) is 1. The molecule has 0 bridgehead atoms. The summed E-state index contributed by atoms with van der Waals surface area (Å²) in [5, 5.41) is 13.9. The van der Waals surface area contributed by atoms with Crippen LogP contribution in [0.15, 0.2) is 12.1 Å². The molecule has 0 aliphatic carbocycles. The molecule has 1 N–H and O–H groups in total. The second-order valence-corrected chi connectivity index (χ2v) is 4.94. The SMILES string of the molecule is CCC(C)N(C)C(=O)c1cc(Cl)c(NC)c([N+](=O)[O-])c1. The first-order valence-corrected chi connectivity index (χ1v) is 6.64. The number of nitro benzene ring substituents is 1. The second kappa shape index (κ2) is 6.56. The van der Waals surface area contributed by atoms with Crippen molar-refractivity contribution in [3.05, 3.63) is 32.8 Å². The Hall–Kier alpha value is -1.82. The fourth-order valence-electron chi connectivity index (χ4n) is 1.78. The van der Waals surface area contributed by atoms with E-state index in [1.165, 1.54) is 12.1 Å². The molecule has 110 valence electrons. The Morgan fingerprint density at radius 1 is 1.55 bits per heavy atom. The van der Waals surface area contributed by atoms with Crippen LogP contribution in [0.1, 0.15) is 30.6 Å². The van der Waals surface area contributed by atoms with E-state index in [2.05, 4.69) is 5.32 Å². The minimum atomic E-state index is -0.558. The summed E-state index contributed by atoms with van der Waals surface area (Å²) in [7, 11) is 3.21. The molecule has 20 heavy (non-hydrogen) atoms. The maximum absolute atomic E-state index is 12.3. The average Bonchev–Trinajstić information content (AvgIpc) is 2.43. The fraction of sp³-hybridized carbons (Fsp3) is 0.462. The topological polar surface area (TPSA) is 75.5 Å². The van der Waals surface area contributed by atoms with E-state index in [0.717, 1.165) is 6.42 Å². The molecule has 0 radical (unpaired) electrons. The first kappa shape index (κ1) is 16.2. The Bertz CT molecular complexity index is 534. The summed E-state index contributed by atoms with van der Waals surface area (Å²) in [6.07, 6.45) is 0.798. The number of hydrogen-bond acceptors (Lipinski definition) is 4. The number of nitro groups is 1. The van der Waals surface area contributed by atoms with Gasteiger partial charge < -0.3 is 10.2 Å². The average molecular weight is 300 g/mol. The summed E-state index contributed by atoms with van der Waals surface area (Å²) in [4.78, 5) is 24.3. The Morgan fingerprint density at radius 3 is 2.60 bits per heavy atom. The third-order valence-electron chi connectivity index (χ3n) is 3.34. The number of carbonyl (C=O) groups is 1. The van der Waals surface area contributed by atoms with Crippen LogP contribution in [0.4, 0.5) is 11.4 Å². The van der Waals surface area contributed by atoms with Gasteiger partial charge in [-0.1, -0.05) is 18.5 Å². The molecule has 1 aromatic rings. The Labute approximate surface area is 122 Å². The van der Waals surface area contributed by atoms with Gasteiger partial charge in [-0.25, -0.2) is 0 Å². The van der Waals surface area contributed by atoms with Crippen molar-refractivity contribution in [3.63, 3.8) is 0 Å². The van der Waals surface area contributed by atoms with E-state index in [4.69, 9.17) is 11.6 Å². The zero-order chi connectivity index (χ0) is 15.4. The zero-order valence-electron chi connectivity index (χ0n) is 11.9. The van der Waals surface area contributed by atoms with Gasteiger partial charge in [0, 0.05) is 31.8 Å². The molecule has 1 aromatic carbocycles. The molecule has 0 aromatic heterocycles. The van der Waals surface area contributed by atoms with Gasteiger partial charge in [-0.3, -0.25) is 14.9 Å². The summed E-state index contributed by atoms with van der Waals surface area (Å²) >= 11 is 6.00. The summed E-state index contributed by atoms with van der Waals surface area (Å²) in [5.74, 6) is -0.285. The van der Waals surface area contributed by atoms with Crippen LogP contribution >= 0.6 is 11.6 Å². The molecule has 0 fully saturated rings. The third-order valence-corrected chi connectivity index (χ3v) is 3.63. The van der Waals surface area contributed by atoms with Gasteiger partial charge in [-0.15, -0.1) is 0 Å². The minimum absolute atomic E-state index is 0.0457. The lowest BCUT2D eigenvalue weighted by Crippen LogP contribution is -2.34. The Morgan fingerprint density at radius 2 is 2.15 bits per heavy atom. The number of nitrogens with zero attached hydrogens (tertiary/aromatic N) is 2. The predicted octanol–water partition coefficient (Wildman–Crippen LogP) is 3.16.